The standard InChI is InChI=1S/C20H23N3O6/c1-13-10-18(27-2)19(28-3)12-15(13)21-20(24)14-4-5-16(17(11-14)23(25)26)22-6-8-29-9-7-22/h4-5,10-12H,6-9H2,1-3H3,(H,21,24). The number of benzene rings is 2. The van der Waals surface area contributed by atoms with Crippen molar-refractivity contribution in [1.82, 2.24) is 0 Å². The summed E-state index contributed by atoms with van der Waals surface area (Å²) >= 11 is 0. The number of ether oxygens (including phenoxy) is 3. The molecule has 1 heterocycles. The number of hydrogen-bond donors (Lipinski definition) is 1. The van der Waals surface area contributed by atoms with E-state index in [0.29, 0.717) is 49.2 Å². The Labute approximate surface area is 168 Å². The van der Waals surface area contributed by atoms with Crippen molar-refractivity contribution in [2.75, 3.05) is 50.7 Å². The van der Waals surface area contributed by atoms with Crippen molar-refractivity contribution in [3.8, 4) is 11.5 Å². The zero-order chi connectivity index (χ0) is 21.0. The van der Waals surface area contributed by atoms with Gasteiger partial charge < -0.3 is 24.4 Å². The van der Waals surface area contributed by atoms with E-state index in [0.717, 1.165) is 5.56 Å². The summed E-state index contributed by atoms with van der Waals surface area (Å²) in [5.41, 5.74) is 1.88. The number of nitro groups is 1. The molecule has 0 aliphatic carbocycles. The number of anilines is 2. The molecule has 9 nitrogen and oxygen atoms in total. The van der Waals surface area contributed by atoms with Crippen LogP contribution in [0.2, 0.25) is 0 Å². The number of hydrogen-bond acceptors (Lipinski definition) is 7. The first-order valence-corrected chi connectivity index (χ1v) is 9.09. The second kappa shape index (κ2) is 8.78. The number of morpholine rings is 1. The molecule has 1 saturated heterocycles. The second-order valence-corrected chi connectivity index (χ2v) is 6.54. The van der Waals surface area contributed by atoms with Gasteiger partial charge in [0.25, 0.3) is 11.6 Å². The summed E-state index contributed by atoms with van der Waals surface area (Å²) in [6, 6.07) is 7.90. The minimum absolute atomic E-state index is 0.108. The number of nitrogens with zero attached hydrogens (tertiary/aromatic N) is 2. The Bertz CT molecular complexity index is 925. The maximum Gasteiger partial charge on any atom is 0.293 e. The quantitative estimate of drug-likeness (QED) is 0.586. The summed E-state index contributed by atoms with van der Waals surface area (Å²) in [6.45, 7) is 3.98. The van der Waals surface area contributed by atoms with Crippen LogP contribution < -0.4 is 19.7 Å². The average Bonchev–Trinajstić information content (AvgIpc) is 2.74. The van der Waals surface area contributed by atoms with Crippen LogP contribution in [0, 0.1) is 17.0 Å². The van der Waals surface area contributed by atoms with Gasteiger partial charge in [0.05, 0.1) is 32.4 Å². The molecule has 9 heteroatoms. The molecule has 1 aliphatic heterocycles. The summed E-state index contributed by atoms with van der Waals surface area (Å²) < 4.78 is 15.8. The van der Waals surface area contributed by atoms with E-state index < -0.39 is 10.8 Å². The summed E-state index contributed by atoms with van der Waals surface area (Å²) in [7, 11) is 3.04. The third kappa shape index (κ3) is 4.40. The molecular formula is C20H23N3O6. The van der Waals surface area contributed by atoms with Crippen LogP contribution in [0.3, 0.4) is 0 Å². The van der Waals surface area contributed by atoms with E-state index in [1.807, 2.05) is 11.8 Å². The molecule has 2 aromatic carbocycles. The number of carbonyl (C=O) groups is 1. The Morgan fingerprint density at radius 3 is 2.41 bits per heavy atom. The molecule has 0 unspecified atom stereocenters. The van der Waals surface area contributed by atoms with E-state index >= 15 is 0 Å². The van der Waals surface area contributed by atoms with Crippen molar-refractivity contribution in [3.63, 3.8) is 0 Å². The maximum absolute atomic E-state index is 12.7. The number of carbonyl (C=O) groups excluding carboxylic acids is 1. The van der Waals surface area contributed by atoms with Crippen LogP contribution in [0.5, 0.6) is 11.5 Å². The molecule has 29 heavy (non-hydrogen) atoms. The van der Waals surface area contributed by atoms with E-state index in [9.17, 15) is 14.9 Å². The molecule has 2 aromatic rings. The molecule has 154 valence electrons. The smallest absolute Gasteiger partial charge is 0.293 e. The number of amides is 1. The highest BCUT2D eigenvalue weighted by Gasteiger charge is 2.23. The fourth-order valence-electron chi connectivity index (χ4n) is 3.19. The predicted molar refractivity (Wildman–Crippen MR) is 108 cm³/mol. The number of nitro benzene ring substituents is 1. The molecule has 0 aromatic heterocycles. The molecule has 0 spiro atoms. The van der Waals surface area contributed by atoms with Crippen molar-refractivity contribution in [1.29, 1.82) is 0 Å². The lowest BCUT2D eigenvalue weighted by molar-refractivity contribution is -0.384. The molecule has 1 aliphatic rings. The van der Waals surface area contributed by atoms with Crippen LogP contribution in [-0.2, 0) is 4.74 Å². The second-order valence-electron chi connectivity index (χ2n) is 6.54. The lowest BCUT2D eigenvalue weighted by Gasteiger charge is -2.28. The number of aryl methyl sites for hydroxylation is 1. The molecular weight excluding hydrogens is 378 g/mol. The van der Waals surface area contributed by atoms with Crippen LogP contribution in [0.1, 0.15) is 15.9 Å². The lowest BCUT2D eigenvalue weighted by atomic mass is 10.1. The van der Waals surface area contributed by atoms with Gasteiger partial charge in [-0.3, -0.25) is 14.9 Å². The Kier molecular flexibility index (Phi) is 6.18. The van der Waals surface area contributed by atoms with Gasteiger partial charge in [-0.15, -0.1) is 0 Å². The van der Waals surface area contributed by atoms with Crippen LogP contribution in [-0.4, -0.2) is 51.4 Å². The zero-order valence-electron chi connectivity index (χ0n) is 16.6. The molecule has 0 bridgehead atoms. The first kappa shape index (κ1) is 20.4. The van der Waals surface area contributed by atoms with Gasteiger partial charge >= 0.3 is 0 Å². The van der Waals surface area contributed by atoms with Crippen molar-refractivity contribution in [2.24, 2.45) is 0 Å². The van der Waals surface area contributed by atoms with Crippen molar-refractivity contribution < 1.29 is 23.9 Å². The van der Waals surface area contributed by atoms with E-state index in [1.165, 1.54) is 20.3 Å². The van der Waals surface area contributed by atoms with Crippen molar-refractivity contribution in [2.45, 2.75) is 6.92 Å². The SMILES string of the molecule is COc1cc(C)c(NC(=O)c2ccc(N3CCOCC3)c([N+](=O)[O-])c2)cc1OC. The van der Waals surface area contributed by atoms with Crippen LogP contribution in [0.25, 0.3) is 0 Å². The molecule has 0 radical (unpaired) electrons. The van der Waals surface area contributed by atoms with E-state index in [1.54, 1.807) is 24.3 Å². The summed E-state index contributed by atoms with van der Waals surface area (Å²) in [4.78, 5) is 25.8. The summed E-state index contributed by atoms with van der Waals surface area (Å²) in [5, 5.41) is 14.4. The van der Waals surface area contributed by atoms with Gasteiger partial charge in [0.2, 0.25) is 0 Å². The molecule has 1 amide bonds. The van der Waals surface area contributed by atoms with E-state index in [-0.39, 0.29) is 11.3 Å². The van der Waals surface area contributed by atoms with Crippen LogP contribution in [0.4, 0.5) is 17.1 Å². The Hall–Kier alpha value is -3.33. The van der Waals surface area contributed by atoms with E-state index in [2.05, 4.69) is 5.32 Å². The van der Waals surface area contributed by atoms with Gasteiger partial charge in [-0.25, -0.2) is 0 Å². The fourth-order valence-corrected chi connectivity index (χ4v) is 3.19. The Balaban J connectivity index is 1.88. The first-order valence-electron chi connectivity index (χ1n) is 9.09. The van der Waals surface area contributed by atoms with Gasteiger partial charge in [-0.2, -0.15) is 0 Å². The van der Waals surface area contributed by atoms with Gasteiger partial charge in [-0.1, -0.05) is 0 Å². The minimum Gasteiger partial charge on any atom is -0.493 e. The number of methoxy groups -OCH3 is 2. The van der Waals surface area contributed by atoms with Gasteiger partial charge in [0.1, 0.15) is 5.69 Å². The molecule has 1 N–H and O–H groups in total. The molecule has 0 atom stereocenters. The largest absolute Gasteiger partial charge is 0.493 e. The third-order valence-corrected chi connectivity index (χ3v) is 4.76. The van der Waals surface area contributed by atoms with Crippen LogP contribution in [0.15, 0.2) is 30.3 Å². The maximum atomic E-state index is 12.7. The highest BCUT2D eigenvalue weighted by Crippen LogP contribution is 2.34. The number of nitrogens with one attached hydrogen (secondary N) is 1. The van der Waals surface area contributed by atoms with E-state index in [4.69, 9.17) is 14.2 Å². The Morgan fingerprint density at radius 1 is 1.14 bits per heavy atom. The zero-order valence-corrected chi connectivity index (χ0v) is 16.6. The first-order chi connectivity index (χ1) is 13.9. The van der Waals surface area contributed by atoms with Crippen LogP contribution >= 0.6 is 0 Å². The molecule has 1 fully saturated rings. The molecule has 0 saturated carbocycles. The normalized spacial score (nSPS) is 13.7. The topological polar surface area (TPSA) is 103 Å². The monoisotopic (exact) mass is 401 g/mol. The van der Waals surface area contributed by atoms with Crippen molar-refractivity contribution >= 4 is 23.0 Å². The minimum atomic E-state index is -0.469. The van der Waals surface area contributed by atoms with Gasteiger partial charge in [0.15, 0.2) is 11.5 Å². The third-order valence-electron chi connectivity index (χ3n) is 4.76. The number of rotatable bonds is 6. The Morgan fingerprint density at radius 2 is 1.79 bits per heavy atom. The highest BCUT2D eigenvalue weighted by atomic mass is 16.6. The predicted octanol–water partition coefficient (Wildman–Crippen LogP) is 3.01. The summed E-state index contributed by atoms with van der Waals surface area (Å²) in [6.07, 6.45) is 0. The lowest BCUT2D eigenvalue weighted by Crippen LogP contribution is -2.36. The highest BCUT2D eigenvalue weighted by molar-refractivity contribution is 6.05. The van der Waals surface area contributed by atoms with Gasteiger partial charge in [0, 0.05) is 36.5 Å². The fraction of sp³-hybridized carbons (Fsp3) is 0.350. The average molecular weight is 401 g/mol. The van der Waals surface area contributed by atoms with Gasteiger partial charge in [-0.05, 0) is 30.7 Å². The van der Waals surface area contributed by atoms with Crippen molar-refractivity contribution in [3.05, 3.63) is 51.6 Å². The summed E-state index contributed by atoms with van der Waals surface area (Å²) in [5.74, 6) is 0.576. The molecule has 3 rings (SSSR count).